The first kappa shape index (κ1) is 16.9. The van der Waals surface area contributed by atoms with Crippen molar-refractivity contribution in [2.75, 3.05) is 0 Å². The lowest BCUT2D eigenvalue weighted by Crippen LogP contribution is -2.31. The van der Waals surface area contributed by atoms with Crippen LogP contribution in [0.4, 0.5) is 0 Å². The lowest BCUT2D eigenvalue weighted by molar-refractivity contribution is 0.507. The normalized spacial score (nSPS) is 17.0. The number of sulfonamides is 1. The van der Waals surface area contributed by atoms with Gasteiger partial charge in [-0.2, -0.15) is 0 Å². The number of tetrazole rings is 1. The van der Waals surface area contributed by atoms with Gasteiger partial charge >= 0.3 is 0 Å². The maximum atomic E-state index is 12.9. The van der Waals surface area contributed by atoms with Crippen molar-refractivity contribution in [1.82, 2.24) is 24.9 Å². The van der Waals surface area contributed by atoms with Crippen LogP contribution in [0.15, 0.2) is 53.7 Å². The van der Waals surface area contributed by atoms with Gasteiger partial charge < -0.3 is 0 Å². The predicted octanol–water partition coefficient (Wildman–Crippen LogP) is 2.33. The molecule has 0 saturated heterocycles. The number of aromatic nitrogens is 4. The molecule has 7 nitrogen and oxygen atoms in total. The third-order valence-corrected chi connectivity index (χ3v) is 6.21. The van der Waals surface area contributed by atoms with Gasteiger partial charge in [0.05, 0.1) is 10.6 Å². The Labute approximate surface area is 152 Å². The van der Waals surface area contributed by atoms with E-state index in [9.17, 15) is 8.42 Å². The Balaban J connectivity index is 1.63. The smallest absolute Gasteiger partial charge is 0.207 e. The Morgan fingerprint density at radius 3 is 2.81 bits per heavy atom. The van der Waals surface area contributed by atoms with Crippen LogP contribution >= 0.6 is 0 Å². The molecule has 1 N–H and O–H groups in total. The molecule has 0 radical (unpaired) electrons. The molecule has 26 heavy (non-hydrogen) atoms. The molecule has 4 rings (SSSR count). The second-order valence-corrected chi connectivity index (χ2v) is 8.18. The predicted molar refractivity (Wildman–Crippen MR) is 96.3 cm³/mol. The van der Waals surface area contributed by atoms with Gasteiger partial charge in [0, 0.05) is 6.04 Å². The second kappa shape index (κ2) is 6.62. The molecule has 0 saturated carbocycles. The van der Waals surface area contributed by atoms with Crippen LogP contribution in [0.2, 0.25) is 0 Å². The van der Waals surface area contributed by atoms with Gasteiger partial charge in [0.15, 0.2) is 0 Å². The summed E-state index contributed by atoms with van der Waals surface area (Å²) in [6.45, 7) is 1.84. The summed E-state index contributed by atoms with van der Waals surface area (Å²) in [7, 11) is -3.62. The van der Waals surface area contributed by atoms with E-state index in [0.29, 0.717) is 0 Å². The third kappa shape index (κ3) is 3.13. The van der Waals surface area contributed by atoms with Crippen molar-refractivity contribution >= 4 is 10.0 Å². The highest BCUT2D eigenvalue weighted by molar-refractivity contribution is 7.89. The Hall–Kier alpha value is -2.58. The lowest BCUT2D eigenvalue weighted by Gasteiger charge is -2.26. The van der Waals surface area contributed by atoms with Gasteiger partial charge in [0.25, 0.3) is 0 Å². The van der Waals surface area contributed by atoms with Crippen molar-refractivity contribution in [3.05, 3.63) is 65.5 Å². The van der Waals surface area contributed by atoms with Crippen LogP contribution in [0.5, 0.6) is 0 Å². The number of aryl methyl sites for hydroxylation is 2. The number of nitrogens with zero attached hydrogens (tertiary/aromatic N) is 4. The summed E-state index contributed by atoms with van der Waals surface area (Å²) in [4.78, 5) is 0.245. The number of benzene rings is 2. The van der Waals surface area contributed by atoms with Crippen LogP contribution in [0.25, 0.3) is 5.69 Å². The summed E-state index contributed by atoms with van der Waals surface area (Å²) in [5.41, 5.74) is 3.82. The van der Waals surface area contributed by atoms with Gasteiger partial charge in [-0.25, -0.2) is 17.8 Å². The molecule has 134 valence electrons. The van der Waals surface area contributed by atoms with Crippen LogP contribution in [-0.4, -0.2) is 28.6 Å². The van der Waals surface area contributed by atoms with E-state index < -0.39 is 10.0 Å². The molecular weight excluding hydrogens is 350 g/mol. The monoisotopic (exact) mass is 369 g/mol. The summed E-state index contributed by atoms with van der Waals surface area (Å²) in [6.07, 6.45) is 4.25. The largest absolute Gasteiger partial charge is 0.241 e. The van der Waals surface area contributed by atoms with Gasteiger partial charge in [-0.3, -0.25) is 0 Å². The Bertz CT molecular complexity index is 1030. The van der Waals surface area contributed by atoms with E-state index in [-0.39, 0.29) is 10.9 Å². The molecule has 0 amide bonds. The van der Waals surface area contributed by atoms with E-state index >= 15 is 0 Å². The average Bonchev–Trinajstić information content (AvgIpc) is 3.16. The summed E-state index contributed by atoms with van der Waals surface area (Å²) in [6, 6.07) is 12.8. The molecule has 1 heterocycles. The highest BCUT2D eigenvalue weighted by Crippen LogP contribution is 2.31. The van der Waals surface area contributed by atoms with Crippen molar-refractivity contribution in [2.24, 2.45) is 0 Å². The molecular formula is C18H19N5O2S. The van der Waals surface area contributed by atoms with Crippen LogP contribution in [0.3, 0.4) is 0 Å². The van der Waals surface area contributed by atoms with E-state index in [1.165, 1.54) is 16.6 Å². The van der Waals surface area contributed by atoms with E-state index in [4.69, 9.17) is 0 Å². The maximum absolute atomic E-state index is 12.9. The summed E-state index contributed by atoms with van der Waals surface area (Å²) < 4.78 is 30.2. The van der Waals surface area contributed by atoms with Crippen molar-refractivity contribution in [3.63, 3.8) is 0 Å². The summed E-state index contributed by atoms with van der Waals surface area (Å²) in [5.74, 6) is 0. The van der Waals surface area contributed by atoms with Gasteiger partial charge in [0.1, 0.15) is 6.33 Å². The Morgan fingerprint density at radius 1 is 1.19 bits per heavy atom. The Morgan fingerprint density at radius 2 is 2.04 bits per heavy atom. The number of fused-ring (bicyclic) bond motifs is 1. The highest BCUT2D eigenvalue weighted by atomic mass is 32.2. The minimum Gasteiger partial charge on any atom is -0.207 e. The fourth-order valence-corrected chi connectivity index (χ4v) is 4.79. The van der Waals surface area contributed by atoms with Gasteiger partial charge in [-0.05, 0) is 71.5 Å². The fourth-order valence-electron chi connectivity index (χ4n) is 3.46. The van der Waals surface area contributed by atoms with Crippen molar-refractivity contribution in [3.8, 4) is 5.69 Å². The van der Waals surface area contributed by atoms with Gasteiger partial charge in [0.2, 0.25) is 10.0 Å². The molecule has 2 aromatic carbocycles. The second-order valence-electron chi connectivity index (χ2n) is 6.47. The quantitative estimate of drug-likeness (QED) is 0.762. The molecule has 1 aliphatic carbocycles. The number of rotatable bonds is 4. The molecule has 1 unspecified atom stereocenters. The van der Waals surface area contributed by atoms with Gasteiger partial charge in [-0.15, -0.1) is 5.10 Å². The summed E-state index contributed by atoms with van der Waals surface area (Å²) in [5, 5.41) is 11.1. The number of hydrogen-bond acceptors (Lipinski definition) is 5. The molecule has 8 heteroatoms. The fraction of sp³-hybridized carbons (Fsp3) is 0.278. The van der Waals surface area contributed by atoms with Crippen molar-refractivity contribution < 1.29 is 8.42 Å². The highest BCUT2D eigenvalue weighted by Gasteiger charge is 2.26. The molecule has 0 bridgehead atoms. The third-order valence-electron chi connectivity index (χ3n) is 4.74. The van der Waals surface area contributed by atoms with Crippen LogP contribution in [0, 0.1) is 6.92 Å². The maximum Gasteiger partial charge on any atom is 0.241 e. The van der Waals surface area contributed by atoms with Crippen molar-refractivity contribution in [1.29, 1.82) is 0 Å². The van der Waals surface area contributed by atoms with Crippen LogP contribution in [-0.2, 0) is 16.4 Å². The molecule has 3 aromatic rings. The van der Waals surface area contributed by atoms with E-state index in [0.717, 1.165) is 36.1 Å². The first-order valence-electron chi connectivity index (χ1n) is 8.49. The standard InChI is InChI=1S/C18H19N5O2S/c1-13-11-15(9-10-18(13)23-12-19-21-22-23)26(24,25)20-17-8-4-6-14-5-2-3-7-16(14)17/h2-3,5,7,9-12,17,20H,4,6,8H2,1H3. The topological polar surface area (TPSA) is 89.8 Å². The lowest BCUT2D eigenvalue weighted by atomic mass is 9.88. The van der Waals surface area contributed by atoms with Crippen LogP contribution < -0.4 is 4.72 Å². The zero-order valence-electron chi connectivity index (χ0n) is 14.3. The molecule has 0 aliphatic heterocycles. The van der Waals surface area contributed by atoms with Crippen LogP contribution in [0.1, 0.15) is 35.6 Å². The molecule has 1 aromatic heterocycles. The minimum absolute atomic E-state index is 0.190. The average molecular weight is 369 g/mol. The van der Waals surface area contributed by atoms with E-state index in [1.807, 2.05) is 25.1 Å². The number of hydrogen-bond donors (Lipinski definition) is 1. The minimum atomic E-state index is -3.62. The SMILES string of the molecule is Cc1cc(S(=O)(=O)NC2CCCc3ccccc32)ccc1-n1cnnn1. The van der Waals surface area contributed by atoms with Gasteiger partial charge in [-0.1, -0.05) is 24.3 Å². The molecule has 1 aliphatic rings. The molecule has 0 fully saturated rings. The molecule has 0 spiro atoms. The van der Waals surface area contributed by atoms with E-state index in [1.54, 1.807) is 18.2 Å². The van der Waals surface area contributed by atoms with Crippen molar-refractivity contribution in [2.45, 2.75) is 37.1 Å². The number of nitrogens with one attached hydrogen (secondary N) is 1. The zero-order valence-corrected chi connectivity index (χ0v) is 15.1. The molecule has 1 atom stereocenters. The zero-order chi connectivity index (χ0) is 18.1. The van der Waals surface area contributed by atoms with E-state index in [2.05, 4.69) is 26.3 Å². The Kier molecular flexibility index (Phi) is 4.29. The summed E-state index contributed by atoms with van der Waals surface area (Å²) >= 11 is 0. The first-order valence-corrected chi connectivity index (χ1v) is 9.97. The first-order chi connectivity index (χ1) is 12.5.